The SMILES string of the molecule is COc1c(Cl)cc(Cl)cc1/C(O)=C1\C(=O)C(=O)N(c2cccc(C)c2C)C1c1ccc(O)cc1. The minimum absolute atomic E-state index is 0.0238. The molecule has 4 rings (SSSR count). The number of rotatable bonds is 4. The maximum atomic E-state index is 13.4. The highest BCUT2D eigenvalue weighted by Crippen LogP contribution is 2.46. The van der Waals surface area contributed by atoms with E-state index in [4.69, 9.17) is 27.9 Å². The first-order valence-electron chi connectivity index (χ1n) is 10.3. The number of methoxy groups -OCH3 is 1. The number of aryl methyl sites for hydroxylation is 1. The van der Waals surface area contributed by atoms with Gasteiger partial charge in [0.15, 0.2) is 0 Å². The lowest BCUT2D eigenvalue weighted by molar-refractivity contribution is -0.132. The van der Waals surface area contributed by atoms with Crippen LogP contribution in [0.1, 0.15) is 28.3 Å². The molecule has 1 aliphatic heterocycles. The van der Waals surface area contributed by atoms with Gasteiger partial charge >= 0.3 is 0 Å². The first-order valence-corrected chi connectivity index (χ1v) is 11.1. The van der Waals surface area contributed by atoms with Gasteiger partial charge in [0.2, 0.25) is 0 Å². The van der Waals surface area contributed by atoms with Crippen LogP contribution in [0.2, 0.25) is 10.0 Å². The van der Waals surface area contributed by atoms with E-state index in [1.807, 2.05) is 19.9 Å². The Morgan fingerprint density at radius 2 is 1.71 bits per heavy atom. The van der Waals surface area contributed by atoms with E-state index in [9.17, 15) is 19.8 Å². The molecule has 0 aromatic heterocycles. The van der Waals surface area contributed by atoms with Crippen molar-refractivity contribution >= 4 is 46.3 Å². The van der Waals surface area contributed by atoms with Crippen molar-refractivity contribution in [1.29, 1.82) is 0 Å². The molecule has 1 heterocycles. The van der Waals surface area contributed by atoms with E-state index in [1.54, 1.807) is 24.3 Å². The molecule has 1 amide bonds. The van der Waals surface area contributed by atoms with Crippen LogP contribution < -0.4 is 9.64 Å². The van der Waals surface area contributed by atoms with Crippen LogP contribution in [0.3, 0.4) is 0 Å². The molecule has 174 valence electrons. The number of halogens is 2. The van der Waals surface area contributed by atoms with E-state index in [1.165, 1.54) is 36.3 Å². The second-order valence-corrected chi connectivity index (χ2v) is 8.79. The molecule has 3 aromatic carbocycles. The summed E-state index contributed by atoms with van der Waals surface area (Å²) < 4.78 is 5.35. The third-order valence-electron chi connectivity index (χ3n) is 5.96. The molecule has 6 nitrogen and oxygen atoms in total. The smallest absolute Gasteiger partial charge is 0.300 e. The van der Waals surface area contributed by atoms with Crippen LogP contribution in [0, 0.1) is 13.8 Å². The second-order valence-electron chi connectivity index (χ2n) is 7.95. The molecule has 1 saturated heterocycles. The molecule has 0 saturated carbocycles. The summed E-state index contributed by atoms with van der Waals surface area (Å²) in [6.07, 6.45) is 0. The summed E-state index contributed by atoms with van der Waals surface area (Å²) in [5.74, 6) is -1.98. The lowest BCUT2D eigenvalue weighted by atomic mass is 9.94. The van der Waals surface area contributed by atoms with Gasteiger partial charge in [-0.05, 0) is 60.9 Å². The zero-order valence-corrected chi connectivity index (χ0v) is 20.1. The number of carbonyl (C=O) groups is 2. The number of amides is 1. The molecule has 34 heavy (non-hydrogen) atoms. The molecular formula is C26H21Cl2NO5. The number of aliphatic hydroxyl groups is 1. The van der Waals surface area contributed by atoms with Crippen molar-refractivity contribution in [2.45, 2.75) is 19.9 Å². The normalized spacial score (nSPS) is 17.3. The summed E-state index contributed by atoms with van der Waals surface area (Å²) in [5.41, 5.74) is 2.75. The number of aliphatic hydroxyl groups excluding tert-OH is 1. The van der Waals surface area contributed by atoms with Crippen molar-refractivity contribution in [2.24, 2.45) is 0 Å². The predicted molar refractivity (Wildman–Crippen MR) is 132 cm³/mol. The number of anilines is 1. The first-order chi connectivity index (χ1) is 16.1. The van der Waals surface area contributed by atoms with Gasteiger partial charge in [0, 0.05) is 10.7 Å². The number of nitrogens with zero attached hydrogens (tertiary/aromatic N) is 1. The van der Waals surface area contributed by atoms with E-state index < -0.39 is 23.5 Å². The molecule has 1 atom stereocenters. The van der Waals surface area contributed by atoms with Gasteiger partial charge in [-0.25, -0.2) is 0 Å². The molecule has 3 aromatic rings. The Bertz CT molecular complexity index is 1350. The van der Waals surface area contributed by atoms with Crippen molar-refractivity contribution < 1.29 is 24.5 Å². The van der Waals surface area contributed by atoms with Gasteiger partial charge in [-0.1, -0.05) is 47.5 Å². The van der Waals surface area contributed by atoms with Crippen LogP contribution >= 0.6 is 23.2 Å². The quantitative estimate of drug-likeness (QED) is 0.264. The van der Waals surface area contributed by atoms with E-state index in [0.29, 0.717) is 11.3 Å². The third kappa shape index (κ3) is 3.89. The Kier molecular flexibility index (Phi) is 6.30. The van der Waals surface area contributed by atoms with E-state index >= 15 is 0 Å². The summed E-state index contributed by atoms with van der Waals surface area (Å²) in [6.45, 7) is 3.77. The van der Waals surface area contributed by atoms with Crippen LogP contribution in [0.15, 0.2) is 60.2 Å². The van der Waals surface area contributed by atoms with Gasteiger partial charge in [0.1, 0.15) is 17.3 Å². The minimum atomic E-state index is -0.969. The number of aromatic hydroxyl groups is 1. The number of Topliss-reactive ketones (excluding diaryl/α,β-unsaturated/α-hetero) is 1. The molecule has 2 N–H and O–H groups in total. The number of hydrogen-bond donors (Lipinski definition) is 2. The molecule has 0 spiro atoms. The van der Waals surface area contributed by atoms with Crippen molar-refractivity contribution in [3.05, 3.63) is 92.5 Å². The Labute approximate surface area is 206 Å². The van der Waals surface area contributed by atoms with Crippen LogP contribution in [-0.2, 0) is 9.59 Å². The van der Waals surface area contributed by atoms with Crippen LogP contribution in [-0.4, -0.2) is 29.0 Å². The lowest BCUT2D eigenvalue weighted by Gasteiger charge is -2.27. The number of ketones is 1. The zero-order valence-electron chi connectivity index (χ0n) is 18.6. The second kappa shape index (κ2) is 9.05. The highest BCUT2D eigenvalue weighted by molar-refractivity contribution is 6.52. The maximum absolute atomic E-state index is 13.4. The fraction of sp³-hybridized carbons (Fsp3) is 0.154. The van der Waals surface area contributed by atoms with Crippen molar-refractivity contribution in [2.75, 3.05) is 12.0 Å². The molecule has 0 aliphatic carbocycles. The average molecular weight is 498 g/mol. The summed E-state index contributed by atoms with van der Waals surface area (Å²) in [6, 6.07) is 13.4. The molecule has 8 heteroatoms. The molecule has 0 bridgehead atoms. The molecule has 1 unspecified atom stereocenters. The van der Waals surface area contributed by atoms with Crippen LogP contribution in [0.25, 0.3) is 5.76 Å². The number of phenolic OH excluding ortho intramolecular Hbond substituents is 1. The van der Waals surface area contributed by atoms with Crippen LogP contribution in [0.5, 0.6) is 11.5 Å². The topological polar surface area (TPSA) is 87.1 Å². The Morgan fingerprint density at radius 1 is 1.03 bits per heavy atom. The molecular weight excluding hydrogens is 477 g/mol. The monoisotopic (exact) mass is 497 g/mol. The largest absolute Gasteiger partial charge is 0.508 e. The van der Waals surface area contributed by atoms with Crippen molar-refractivity contribution in [3.63, 3.8) is 0 Å². The fourth-order valence-electron chi connectivity index (χ4n) is 4.14. The van der Waals surface area contributed by atoms with Gasteiger partial charge in [0.05, 0.1) is 29.3 Å². The number of carbonyl (C=O) groups excluding carboxylic acids is 2. The van der Waals surface area contributed by atoms with Gasteiger partial charge in [-0.2, -0.15) is 0 Å². The van der Waals surface area contributed by atoms with E-state index in [-0.39, 0.29) is 32.7 Å². The zero-order chi connectivity index (χ0) is 24.7. The van der Waals surface area contributed by atoms with Gasteiger partial charge in [-0.15, -0.1) is 0 Å². The Balaban J connectivity index is 2.04. The van der Waals surface area contributed by atoms with E-state index in [2.05, 4.69) is 0 Å². The highest BCUT2D eigenvalue weighted by atomic mass is 35.5. The number of hydrogen-bond acceptors (Lipinski definition) is 5. The summed E-state index contributed by atoms with van der Waals surface area (Å²) in [7, 11) is 1.37. The van der Waals surface area contributed by atoms with E-state index in [0.717, 1.165) is 11.1 Å². The lowest BCUT2D eigenvalue weighted by Crippen LogP contribution is -2.30. The number of phenols is 1. The fourth-order valence-corrected chi connectivity index (χ4v) is 4.71. The highest BCUT2D eigenvalue weighted by Gasteiger charge is 2.47. The van der Waals surface area contributed by atoms with Crippen molar-refractivity contribution in [3.8, 4) is 11.5 Å². The Hall–Kier alpha value is -3.48. The maximum Gasteiger partial charge on any atom is 0.300 e. The van der Waals surface area contributed by atoms with Crippen molar-refractivity contribution in [1.82, 2.24) is 0 Å². The molecule has 1 aliphatic rings. The third-order valence-corrected chi connectivity index (χ3v) is 6.46. The predicted octanol–water partition coefficient (Wildman–Crippen LogP) is 5.95. The molecule has 0 radical (unpaired) electrons. The van der Waals surface area contributed by atoms with Crippen LogP contribution in [0.4, 0.5) is 5.69 Å². The Morgan fingerprint density at radius 3 is 2.35 bits per heavy atom. The number of benzene rings is 3. The molecule has 1 fully saturated rings. The van der Waals surface area contributed by atoms with Gasteiger partial charge in [0.25, 0.3) is 11.7 Å². The number of ether oxygens (including phenoxy) is 1. The summed E-state index contributed by atoms with van der Waals surface area (Å²) in [4.78, 5) is 28.1. The van der Waals surface area contributed by atoms with Gasteiger partial charge < -0.3 is 14.9 Å². The minimum Gasteiger partial charge on any atom is -0.508 e. The average Bonchev–Trinajstić information content (AvgIpc) is 3.06. The summed E-state index contributed by atoms with van der Waals surface area (Å²) in [5, 5.41) is 21.5. The summed E-state index contributed by atoms with van der Waals surface area (Å²) >= 11 is 12.4. The standard InChI is InChI=1S/C26H21Cl2NO5/c1-13-5-4-6-20(14(13)2)29-22(15-7-9-17(30)10-8-15)21(24(32)26(29)33)23(31)18-11-16(27)12-19(28)25(18)34-3/h4-12,22,30-31H,1-3H3/b23-21+. The van der Waals surface area contributed by atoms with Gasteiger partial charge in [-0.3, -0.25) is 14.5 Å². The first kappa shape index (κ1) is 23.7.